The summed E-state index contributed by atoms with van der Waals surface area (Å²) in [4.78, 5) is 31.2. The molecule has 36 heavy (non-hydrogen) atoms. The molecule has 1 aliphatic heterocycles. The minimum atomic E-state index is -0.561. The highest BCUT2D eigenvalue weighted by Crippen LogP contribution is 2.32. The third-order valence-corrected chi connectivity index (χ3v) is 6.61. The number of hydrogen-bond acceptors (Lipinski definition) is 6. The summed E-state index contributed by atoms with van der Waals surface area (Å²) in [7, 11) is 0. The van der Waals surface area contributed by atoms with Crippen molar-refractivity contribution in [1.82, 2.24) is 30.2 Å². The van der Waals surface area contributed by atoms with Crippen molar-refractivity contribution >= 4 is 11.9 Å². The van der Waals surface area contributed by atoms with Crippen LogP contribution in [0.3, 0.4) is 0 Å². The fourth-order valence-electron chi connectivity index (χ4n) is 4.83. The summed E-state index contributed by atoms with van der Waals surface area (Å²) < 4.78 is 1.54. The lowest BCUT2D eigenvalue weighted by Crippen LogP contribution is -2.31. The number of nitrogens with one attached hydrogen (secondary N) is 2. The third kappa shape index (κ3) is 4.32. The van der Waals surface area contributed by atoms with Crippen LogP contribution in [0, 0.1) is 5.92 Å². The zero-order valence-corrected chi connectivity index (χ0v) is 20.7. The highest BCUT2D eigenvalue weighted by atomic mass is 16.2. The van der Waals surface area contributed by atoms with E-state index in [1.165, 1.54) is 4.57 Å². The molecule has 2 N–H and O–H groups in total. The predicted octanol–water partition coefficient (Wildman–Crippen LogP) is 4.17. The number of benzene rings is 2. The van der Waals surface area contributed by atoms with Crippen LogP contribution < -0.4 is 10.9 Å². The normalized spacial score (nSPS) is 14.8. The van der Waals surface area contributed by atoms with Gasteiger partial charge in [0.25, 0.3) is 5.56 Å². The molecule has 1 aliphatic rings. The van der Waals surface area contributed by atoms with Crippen LogP contribution in [0.1, 0.15) is 56.5 Å². The molecule has 2 aromatic heterocycles. The van der Waals surface area contributed by atoms with Crippen LogP contribution in [0.5, 0.6) is 0 Å². The fraction of sp³-hybridized carbons (Fsp3) is 0.333. The molecule has 1 atom stereocenters. The van der Waals surface area contributed by atoms with E-state index >= 15 is 0 Å². The Hall–Kier alpha value is -4.14. The van der Waals surface area contributed by atoms with Gasteiger partial charge in [-0.3, -0.25) is 19.5 Å². The molecule has 0 fully saturated rings. The lowest BCUT2D eigenvalue weighted by Gasteiger charge is -2.18. The number of tetrazole rings is 1. The number of aromatic amines is 1. The Morgan fingerprint density at radius 2 is 1.86 bits per heavy atom. The molecular formula is C27H29N7O2. The van der Waals surface area contributed by atoms with Crippen molar-refractivity contribution in [2.24, 2.45) is 5.92 Å². The lowest BCUT2D eigenvalue weighted by molar-refractivity contribution is -0.119. The molecule has 5 rings (SSSR count). The van der Waals surface area contributed by atoms with Gasteiger partial charge < -0.3 is 0 Å². The maximum Gasteiger partial charge on any atom is 0.259 e. The first-order valence-electron chi connectivity index (χ1n) is 12.3. The molecular weight excluding hydrogens is 454 g/mol. The minimum Gasteiger partial charge on any atom is -0.294 e. The SMILES string of the molecule is CCCCc1nc2n(c(=O)c1Cc1ccc(-c3ccccc3)c(-c3nn[nH]n3)c1)C(C(C)C)C(=O)N2. The van der Waals surface area contributed by atoms with Crippen molar-refractivity contribution in [3.8, 4) is 22.5 Å². The summed E-state index contributed by atoms with van der Waals surface area (Å²) in [6.07, 6.45) is 2.96. The molecule has 3 heterocycles. The standard InChI is InChI=1S/C27H29N7O2/c1-4-5-11-22-21(26(36)34-23(16(2)3)25(35)29-27(34)28-22)15-17-12-13-19(18-9-7-6-8-10-18)20(14-17)24-30-32-33-31-24/h6-10,12-14,16,23H,4-5,11,15H2,1-3H3,(H,28,29,35)(H,30,31,32,33). The van der Waals surface area contributed by atoms with Crippen LogP contribution in [-0.2, 0) is 17.6 Å². The molecule has 4 aromatic rings. The number of amides is 1. The number of anilines is 1. The highest BCUT2D eigenvalue weighted by molar-refractivity contribution is 5.96. The van der Waals surface area contributed by atoms with Gasteiger partial charge in [-0.2, -0.15) is 5.21 Å². The van der Waals surface area contributed by atoms with Gasteiger partial charge in [-0.05, 0) is 46.7 Å². The molecule has 0 saturated heterocycles. The summed E-state index contributed by atoms with van der Waals surface area (Å²) >= 11 is 0. The first kappa shape index (κ1) is 23.6. The van der Waals surface area contributed by atoms with Gasteiger partial charge >= 0.3 is 0 Å². The first-order valence-corrected chi connectivity index (χ1v) is 12.3. The first-order chi connectivity index (χ1) is 17.5. The number of aryl methyl sites for hydroxylation is 1. The predicted molar refractivity (Wildman–Crippen MR) is 137 cm³/mol. The molecule has 0 spiro atoms. The molecule has 0 aliphatic carbocycles. The second-order valence-corrected chi connectivity index (χ2v) is 9.48. The van der Waals surface area contributed by atoms with Gasteiger partial charge in [0, 0.05) is 17.5 Å². The Labute approximate surface area is 209 Å². The molecule has 0 radical (unpaired) electrons. The van der Waals surface area contributed by atoms with Crippen LogP contribution in [0.15, 0.2) is 53.3 Å². The van der Waals surface area contributed by atoms with E-state index in [2.05, 4.69) is 32.9 Å². The molecule has 1 amide bonds. The monoisotopic (exact) mass is 483 g/mol. The molecule has 1 unspecified atom stereocenters. The van der Waals surface area contributed by atoms with Gasteiger partial charge in [0.1, 0.15) is 6.04 Å². The van der Waals surface area contributed by atoms with Gasteiger partial charge in [-0.1, -0.05) is 69.7 Å². The van der Waals surface area contributed by atoms with E-state index in [0.717, 1.165) is 40.8 Å². The largest absolute Gasteiger partial charge is 0.294 e. The second kappa shape index (κ2) is 9.85. The summed E-state index contributed by atoms with van der Waals surface area (Å²) in [6.45, 7) is 5.99. The Balaban J connectivity index is 1.62. The quantitative estimate of drug-likeness (QED) is 0.388. The Kier molecular flexibility index (Phi) is 6.45. The number of fused-ring (bicyclic) bond motifs is 1. The smallest absolute Gasteiger partial charge is 0.259 e. The molecule has 0 saturated carbocycles. The molecule has 0 bridgehead atoms. The average molecular weight is 484 g/mol. The van der Waals surface area contributed by atoms with E-state index in [-0.39, 0.29) is 17.4 Å². The number of carbonyl (C=O) groups is 1. The van der Waals surface area contributed by atoms with Crippen LogP contribution >= 0.6 is 0 Å². The van der Waals surface area contributed by atoms with E-state index in [1.54, 1.807) is 0 Å². The van der Waals surface area contributed by atoms with Crippen molar-refractivity contribution in [2.75, 3.05) is 5.32 Å². The summed E-state index contributed by atoms with van der Waals surface area (Å²) in [5.74, 6) is 0.626. The van der Waals surface area contributed by atoms with Crippen molar-refractivity contribution in [3.05, 3.63) is 75.7 Å². The van der Waals surface area contributed by atoms with E-state index in [0.29, 0.717) is 30.2 Å². The van der Waals surface area contributed by atoms with Crippen molar-refractivity contribution < 1.29 is 4.79 Å². The van der Waals surface area contributed by atoms with Crippen molar-refractivity contribution in [2.45, 2.75) is 52.5 Å². The highest BCUT2D eigenvalue weighted by Gasteiger charge is 2.36. The topological polar surface area (TPSA) is 118 Å². The number of hydrogen-bond donors (Lipinski definition) is 2. The Morgan fingerprint density at radius 3 is 2.56 bits per heavy atom. The lowest BCUT2D eigenvalue weighted by atomic mass is 9.94. The Morgan fingerprint density at radius 1 is 1.06 bits per heavy atom. The molecule has 184 valence electrons. The van der Waals surface area contributed by atoms with E-state index in [9.17, 15) is 9.59 Å². The van der Waals surface area contributed by atoms with E-state index < -0.39 is 6.04 Å². The minimum absolute atomic E-state index is 0.0323. The average Bonchev–Trinajstić information content (AvgIpc) is 3.53. The fourth-order valence-corrected chi connectivity index (χ4v) is 4.83. The number of carbonyl (C=O) groups excluding carboxylic acids is 1. The summed E-state index contributed by atoms with van der Waals surface area (Å²) in [5.41, 5.74) is 4.99. The zero-order valence-electron chi connectivity index (χ0n) is 20.7. The maximum absolute atomic E-state index is 13.8. The van der Waals surface area contributed by atoms with Crippen molar-refractivity contribution in [1.29, 1.82) is 0 Å². The number of nitrogens with zero attached hydrogens (tertiary/aromatic N) is 5. The van der Waals surface area contributed by atoms with Crippen LogP contribution in [0.4, 0.5) is 5.95 Å². The van der Waals surface area contributed by atoms with Crippen LogP contribution in [0.2, 0.25) is 0 Å². The van der Waals surface area contributed by atoms with E-state index in [1.807, 2.05) is 62.4 Å². The van der Waals surface area contributed by atoms with Gasteiger partial charge in [-0.25, -0.2) is 4.98 Å². The molecule has 9 nitrogen and oxygen atoms in total. The number of H-pyrrole nitrogens is 1. The number of unbranched alkanes of at least 4 members (excludes halogenated alkanes) is 1. The van der Waals surface area contributed by atoms with Gasteiger partial charge in [-0.15, -0.1) is 10.2 Å². The van der Waals surface area contributed by atoms with Crippen molar-refractivity contribution in [3.63, 3.8) is 0 Å². The van der Waals surface area contributed by atoms with Crippen LogP contribution in [-0.4, -0.2) is 36.1 Å². The van der Waals surface area contributed by atoms with E-state index in [4.69, 9.17) is 4.98 Å². The van der Waals surface area contributed by atoms with Gasteiger partial charge in [0.2, 0.25) is 17.7 Å². The maximum atomic E-state index is 13.8. The summed E-state index contributed by atoms with van der Waals surface area (Å²) in [5, 5.41) is 17.5. The third-order valence-electron chi connectivity index (χ3n) is 6.61. The number of aromatic nitrogens is 6. The second-order valence-electron chi connectivity index (χ2n) is 9.48. The Bertz CT molecular complexity index is 1440. The molecule has 9 heteroatoms. The zero-order chi connectivity index (χ0) is 25.2. The van der Waals surface area contributed by atoms with Gasteiger partial charge in [0.15, 0.2) is 0 Å². The van der Waals surface area contributed by atoms with Gasteiger partial charge in [0.05, 0.1) is 5.69 Å². The summed E-state index contributed by atoms with van der Waals surface area (Å²) in [6, 6.07) is 15.5. The van der Waals surface area contributed by atoms with Crippen LogP contribution in [0.25, 0.3) is 22.5 Å². The molecule has 2 aromatic carbocycles. The number of rotatable bonds is 8.